The van der Waals surface area contributed by atoms with Gasteiger partial charge in [-0.25, -0.2) is 0 Å². The minimum absolute atomic E-state index is 0.0163. The molecule has 0 bridgehead atoms. The Morgan fingerprint density at radius 3 is 2.62 bits per heavy atom. The molecule has 0 unspecified atom stereocenters. The van der Waals surface area contributed by atoms with Crippen molar-refractivity contribution in [1.82, 2.24) is 4.90 Å². The average molecular weight is 360 g/mol. The van der Waals surface area contributed by atoms with Crippen LogP contribution in [0.4, 0.5) is 5.69 Å². The first-order chi connectivity index (χ1) is 11.5. The molecule has 7 heteroatoms. The molecule has 0 fully saturated rings. The largest absolute Gasteiger partial charge is 0.494 e. The van der Waals surface area contributed by atoms with Crippen molar-refractivity contribution in [1.29, 1.82) is 0 Å². The van der Waals surface area contributed by atoms with Crippen LogP contribution in [0.15, 0.2) is 39.9 Å². The third-order valence-electron chi connectivity index (χ3n) is 3.45. The maximum atomic E-state index is 12.5. The quantitative estimate of drug-likeness (QED) is 0.598. The van der Waals surface area contributed by atoms with E-state index in [-0.39, 0.29) is 11.7 Å². The first kappa shape index (κ1) is 16.7. The predicted octanol–water partition coefficient (Wildman–Crippen LogP) is 3.19. The summed E-state index contributed by atoms with van der Waals surface area (Å²) in [5.74, 6) is 0.642. The lowest BCUT2D eigenvalue weighted by Crippen LogP contribution is -2.31. The number of hydrogen-bond donors (Lipinski definition) is 0. The topological polar surface area (TPSA) is 59.0 Å². The zero-order chi connectivity index (χ0) is 17.3. The summed E-state index contributed by atoms with van der Waals surface area (Å²) in [7, 11) is 1.35. The third-order valence-corrected chi connectivity index (χ3v) is 5.95. The molecule has 2 heterocycles. The number of nitrogens with zero attached hydrogens (tertiary/aromatic N) is 2. The van der Waals surface area contributed by atoms with Crippen LogP contribution in [0.1, 0.15) is 20.8 Å². The van der Waals surface area contributed by atoms with Gasteiger partial charge in [0.15, 0.2) is 5.78 Å². The average Bonchev–Trinajstić information content (AvgIpc) is 3.04. The van der Waals surface area contributed by atoms with Crippen LogP contribution in [0.5, 0.6) is 5.75 Å². The van der Waals surface area contributed by atoms with Gasteiger partial charge < -0.3 is 4.74 Å². The van der Waals surface area contributed by atoms with E-state index in [0.717, 1.165) is 15.8 Å². The Balaban J connectivity index is 1.79. The van der Waals surface area contributed by atoms with Crippen molar-refractivity contribution in [2.75, 3.05) is 6.61 Å². The second-order valence-electron chi connectivity index (χ2n) is 5.13. The number of amides is 1. The van der Waals surface area contributed by atoms with Crippen LogP contribution in [-0.4, -0.2) is 38.6 Å². The van der Waals surface area contributed by atoms with E-state index in [9.17, 15) is 9.59 Å². The van der Waals surface area contributed by atoms with Crippen LogP contribution in [0.2, 0.25) is 0 Å². The fraction of sp³-hybridized carbons (Fsp3) is 0.235. The highest BCUT2D eigenvalue weighted by Crippen LogP contribution is 2.37. The molecule has 0 saturated carbocycles. The van der Waals surface area contributed by atoms with Crippen molar-refractivity contribution < 1.29 is 14.3 Å². The number of carbonyl (C=O) groups is 2. The molecule has 0 spiro atoms. The number of Topliss-reactive ketones (excluding diaryl/α,β-unsaturated/α-hetero) is 1. The molecule has 1 amide bonds. The Labute approximate surface area is 147 Å². The smallest absolute Gasteiger partial charge is 0.275 e. The lowest BCUT2D eigenvalue weighted by atomic mass is 10.3. The number of thioether (sulfide) groups is 1. The molecule has 3 rings (SSSR count). The Morgan fingerprint density at radius 1 is 1.33 bits per heavy atom. The molecule has 5 nitrogen and oxygen atoms in total. The van der Waals surface area contributed by atoms with Gasteiger partial charge in [0.2, 0.25) is 0 Å². The molecule has 0 saturated heterocycles. The molecule has 1 aromatic rings. The fourth-order valence-electron chi connectivity index (χ4n) is 2.33. The molecular weight excluding hydrogens is 344 g/mol. The highest BCUT2D eigenvalue weighted by molar-refractivity contribution is 8.30. The number of benzene rings is 1. The zero-order valence-electron chi connectivity index (χ0n) is 13.5. The van der Waals surface area contributed by atoms with Crippen LogP contribution in [0.25, 0.3) is 0 Å². The lowest BCUT2D eigenvalue weighted by molar-refractivity contribution is -0.118. The van der Waals surface area contributed by atoms with Gasteiger partial charge in [-0.1, -0.05) is 11.8 Å². The van der Waals surface area contributed by atoms with E-state index in [0.29, 0.717) is 22.1 Å². The van der Waals surface area contributed by atoms with Gasteiger partial charge in [-0.3, -0.25) is 19.5 Å². The van der Waals surface area contributed by atoms with Gasteiger partial charge in [0, 0.05) is 5.70 Å². The summed E-state index contributed by atoms with van der Waals surface area (Å²) in [6, 6.07) is 7.38. The van der Waals surface area contributed by atoms with Crippen molar-refractivity contribution >= 4 is 55.5 Å². The second kappa shape index (κ2) is 6.78. The van der Waals surface area contributed by atoms with Gasteiger partial charge in [0.1, 0.15) is 14.9 Å². The molecule has 124 valence electrons. The number of hydrogen-bond acceptors (Lipinski definition) is 5. The highest BCUT2D eigenvalue weighted by atomic mass is 32.2. The second-order valence-corrected chi connectivity index (χ2v) is 7.42. The molecule has 2 aliphatic heterocycles. The fourth-order valence-corrected chi connectivity index (χ4v) is 4.67. The summed E-state index contributed by atoms with van der Waals surface area (Å²) in [5.41, 5.74) is 1.45. The number of carbonyl (C=O) groups excluding carboxylic acids is 2. The van der Waals surface area contributed by atoms with Gasteiger partial charge in [-0.2, -0.15) is 0 Å². The summed E-state index contributed by atoms with van der Waals surface area (Å²) in [6.07, 6.45) is 1.58. The Morgan fingerprint density at radius 2 is 2.04 bits per heavy atom. The van der Waals surface area contributed by atoms with Crippen LogP contribution < -0.4 is 4.74 Å². The van der Waals surface area contributed by atoms with Crippen LogP contribution in [0, 0.1) is 0 Å². The number of ether oxygens (including phenoxy) is 1. The summed E-state index contributed by atoms with van der Waals surface area (Å²) in [5, 5.41) is 0. The van der Waals surface area contributed by atoms with Gasteiger partial charge in [-0.15, -0.1) is 10.9 Å². The summed E-state index contributed by atoms with van der Waals surface area (Å²) in [6.45, 7) is 5.86. The van der Waals surface area contributed by atoms with Crippen LogP contribution in [-0.2, 0) is 9.59 Å². The van der Waals surface area contributed by atoms with Crippen molar-refractivity contribution in [3.05, 3.63) is 34.9 Å². The highest BCUT2D eigenvalue weighted by Gasteiger charge is 2.37. The summed E-state index contributed by atoms with van der Waals surface area (Å²) < 4.78 is 6.19. The molecule has 0 atom stereocenters. The predicted molar refractivity (Wildman–Crippen MR) is 101 cm³/mol. The molecule has 0 aliphatic carbocycles. The van der Waals surface area contributed by atoms with Crippen molar-refractivity contribution in [2.24, 2.45) is 4.99 Å². The molecule has 24 heavy (non-hydrogen) atoms. The van der Waals surface area contributed by atoms with E-state index in [4.69, 9.17) is 4.74 Å². The molecule has 0 N–H and O–H groups in total. The van der Waals surface area contributed by atoms with E-state index in [1.54, 1.807) is 18.0 Å². The van der Waals surface area contributed by atoms with E-state index >= 15 is 0 Å². The van der Waals surface area contributed by atoms with Crippen LogP contribution in [0.3, 0.4) is 0 Å². The van der Waals surface area contributed by atoms with Crippen LogP contribution >= 0.6 is 22.7 Å². The van der Waals surface area contributed by atoms with E-state index in [2.05, 4.69) is 4.99 Å². The molecule has 0 radical (unpaired) electrons. The summed E-state index contributed by atoms with van der Waals surface area (Å²) in [4.78, 5) is 31.2. The van der Waals surface area contributed by atoms with Crippen molar-refractivity contribution in [3.63, 3.8) is 0 Å². The molecule has 1 aromatic carbocycles. The Bertz CT molecular complexity index is 847. The monoisotopic (exact) mass is 360 g/mol. The van der Waals surface area contributed by atoms with Gasteiger partial charge in [-0.05, 0) is 45.0 Å². The number of aliphatic imine (C=N–C) groups is 1. The van der Waals surface area contributed by atoms with Gasteiger partial charge >= 0.3 is 0 Å². The number of fused-ring (bicyclic) bond motifs is 1. The van der Waals surface area contributed by atoms with Gasteiger partial charge in [0.05, 0.1) is 23.4 Å². The maximum Gasteiger partial charge on any atom is 0.275 e. The standard InChI is InChI=1S/C17H16N2O3S2/c1-4-22-13-7-5-12(6-8-13)18-9-14-16(21)19-10(2)15(11(3)20)24-17(19)23-14/h5-9H,4H2,1-3H3. The molecule has 2 aliphatic rings. The normalized spacial score (nSPS) is 17.0. The number of rotatable bonds is 5. The third kappa shape index (κ3) is 3.09. The van der Waals surface area contributed by atoms with Gasteiger partial charge in [0.25, 0.3) is 5.91 Å². The maximum absolute atomic E-state index is 12.5. The number of ketones is 1. The minimum Gasteiger partial charge on any atom is -0.494 e. The van der Waals surface area contributed by atoms with Crippen molar-refractivity contribution in [2.45, 2.75) is 20.8 Å². The Kier molecular flexibility index (Phi) is 4.73. The number of allylic oxidation sites excluding steroid dienone is 2. The van der Waals surface area contributed by atoms with E-state index in [1.807, 2.05) is 31.2 Å². The molecule has 0 aromatic heterocycles. The Hall–Kier alpha value is -2.12. The zero-order valence-corrected chi connectivity index (χ0v) is 15.2. The molecular formula is C17H16N2O3S2. The summed E-state index contributed by atoms with van der Waals surface area (Å²) >= 11 is 1.35. The van der Waals surface area contributed by atoms with E-state index < -0.39 is 0 Å². The lowest BCUT2D eigenvalue weighted by Gasteiger charge is -2.12. The first-order valence-electron chi connectivity index (χ1n) is 7.44. The van der Waals surface area contributed by atoms with E-state index in [1.165, 1.54) is 29.6 Å². The van der Waals surface area contributed by atoms with Crippen molar-refractivity contribution in [3.8, 4) is 5.75 Å². The minimum atomic E-state index is -0.133. The SMILES string of the molecule is CCOc1ccc(N=CC2=S=C3SC(C(C)=O)=C(C)N3C2=O)cc1. The first-order valence-corrected chi connectivity index (χ1v) is 9.07.